The molecule has 0 aromatic carbocycles. The number of nitrogens with one attached hydrogen (secondary N) is 2. The number of carbonyl (C=O) groups excluding carboxylic acids is 4. The molecule has 3 amide bonds. The highest BCUT2D eigenvalue weighted by atomic mass is 32.2. The maximum Gasteiger partial charge on any atom is 0.316 e. The van der Waals surface area contributed by atoms with Crippen LogP contribution in [0, 0.1) is 6.92 Å². The molecule has 0 atom stereocenters. The highest BCUT2D eigenvalue weighted by Gasteiger charge is 2.17. The van der Waals surface area contributed by atoms with Gasteiger partial charge in [0.05, 0.1) is 24.6 Å². The predicted molar refractivity (Wildman–Crippen MR) is 117 cm³/mol. The van der Waals surface area contributed by atoms with E-state index >= 15 is 0 Å². The molecule has 12 heteroatoms. The maximum absolute atomic E-state index is 12.2. The highest BCUT2D eigenvalue weighted by molar-refractivity contribution is 8.00. The van der Waals surface area contributed by atoms with Gasteiger partial charge in [0.25, 0.3) is 5.91 Å². The molecule has 0 aliphatic heterocycles. The lowest BCUT2D eigenvalue weighted by Gasteiger charge is -2.20. The smallest absolute Gasteiger partial charge is 0.316 e. The lowest BCUT2D eigenvalue weighted by atomic mass is 10.4. The summed E-state index contributed by atoms with van der Waals surface area (Å²) in [7, 11) is 0. The van der Waals surface area contributed by atoms with Gasteiger partial charge < -0.3 is 24.8 Å². The third kappa shape index (κ3) is 9.22. The number of ether oxygens (including phenoxy) is 1. The van der Waals surface area contributed by atoms with Crippen molar-refractivity contribution in [1.29, 1.82) is 0 Å². The van der Waals surface area contributed by atoms with Crippen molar-refractivity contribution in [3.63, 3.8) is 0 Å². The van der Waals surface area contributed by atoms with Gasteiger partial charge in [0, 0.05) is 17.5 Å². The quantitative estimate of drug-likeness (QED) is 0.447. The molecular formula is C19H24N4O6S2. The standard InChI is InChI=1S/C19H24N4O6S2/c1-3-23(9-16(24)20-8-14-5-4-6-31-14)18(26)10-28-19(27)12-30-11-17(25)21-15-7-13(2)29-22-15/h4-7H,3,8-12H2,1-2H3,(H,20,24)(H,21,22,25). The molecule has 2 aromatic rings. The number of likely N-dealkylation sites (N-methyl/N-ethyl adjacent to an activating group) is 1. The molecule has 0 fully saturated rings. The van der Waals surface area contributed by atoms with E-state index in [1.165, 1.54) is 16.2 Å². The summed E-state index contributed by atoms with van der Waals surface area (Å²) < 4.78 is 9.79. The minimum Gasteiger partial charge on any atom is -0.455 e. The summed E-state index contributed by atoms with van der Waals surface area (Å²) in [6, 6.07) is 5.37. The van der Waals surface area contributed by atoms with Crippen LogP contribution in [0.5, 0.6) is 0 Å². The van der Waals surface area contributed by atoms with Crippen LogP contribution in [-0.2, 0) is 30.5 Å². The first-order valence-corrected chi connectivity index (χ1v) is 11.4. The molecule has 31 heavy (non-hydrogen) atoms. The monoisotopic (exact) mass is 468 g/mol. The summed E-state index contributed by atoms with van der Waals surface area (Å²) in [6.07, 6.45) is 0. The number of esters is 1. The van der Waals surface area contributed by atoms with E-state index in [0.717, 1.165) is 16.6 Å². The number of hydrogen-bond donors (Lipinski definition) is 2. The van der Waals surface area contributed by atoms with Crippen molar-refractivity contribution in [2.45, 2.75) is 20.4 Å². The fraction of sp³-hybridized carbons (Fsp3) is 0.421. The van der Waals surface area contributed by atoms with Gasteiger partial charge in [0.1, 0.15) is 5.76 Å². The Morgan fingerprint density at radius 1 is 1.26 bits per heavy atom. The van der Waals surface area contributed by atoms with E-state index in [2.05, 4.69) is 15.8 Å². The largest absolute Gasteiger partial charge is 0.455 e. The zero-order chi connectivity index (χ0) is 22.6. The Morgan fingerprint density at radius 2 is 2.06 bits per heavy atom. The summed E-state index contributed by atoms with van der Waals surface area (Å²) in [5.74, 6) is -0.931. The van der Waals surface area contributed by atoms with Crippen molar-refractivity contribution in [2.75, 3.05) is 36.5 Å². The molecule has 0 spiro atoms. The van der Waals surface area contributed by atoms with E-state index in [1.807, 2.05) is 17.5 Å². The minimum absolute atomic E-state index is 0.0143. The first-order valence-electron chi connectivity index (χ1n) is 9.40. The molecule has 2 N–H and O–H groups in total. The Labute approximate surface area is 187 Å². The van der Waals surface area contributed by atoms with Crippen LogP contribution < -0.4 is 10.6 Å². The Hall–Kier alpha value is -2.86. The van der Waals surface area contributed by atoms with Crippen molar-refractivity contribution >= 4 is 52.6 Å². The minimum atomic E-state index is -0.623. The van der Waals surface area contributed by atoms with Crippen LogP contribution in [-0.4, -0.2) is 64.9 Å². The van der Waals surface area contributed by atoms with E-state index < -0.39 is 18.5 Å². The third-order valence-corrected chi connectivity index (χ3v) is 5.60. The lowest BCUT2D eigenvalue weighted by molar-refractivity contribution is -0.150. The SMILES string of the molecule is CCN(CC(=O)NCc1cccs1)C(=O)COC(=O)CSCC(=O)Nc1cc(C)on1. The fourth-order valence-electron chi connectivity index (χ4n) is 2.31. The van der Waals surface area contributed by atoms with Gasteiger partial charge in [-0.3, -0.25) is 19.2 Å². The summed E-state index contributed by atoms with van der Waals surface area (Å²) in [6.45, 7) is 3.56. The Bertz CT molecular complexity index is 884. The van der Waals surface area contributed by atoms with E-state index in [9.17, 15) is 19.2 Å². The third-order valence-electron chi connectivity index (χ3n) is 3.81. The molecule has 0 saturated heterocycles. The van der Waals surface area contributed by atoms with Gasteiger partial charge in [-0.2, -0.15) is 0 Å². The van der Waals surface area contributed by atoms with Gasteiger partial charge in [-0.25, -0.2) is 0 Å². The molecule has 10 nitrogen and oxygen atoms in total. The van der Waals surface area contributed by atoms with Crippen LogP contribution in [0.25, 0.3) is 0 Å². The van der Waals surface area contributed by atoms with Crippen LogP contribution in [0.15, 0.2) is 28.1 Å². The van der Waals surface area contributed by atoms with Crippen LogP contribution in [0.4, 0.5) is 5.82 Å². The van der Waals surface area contributed by atoms with Crippen LogP contribution in [0.1, 0.15) is 17.6 Å². The molecule has 2 rings (SSSR count). The van der Waals surface area contributed by atoms with Gasteiger partial charge in [-0.15, -0.1) is 23.1 Å². The van der Waals surface area contributed by atoms with E-state index in [0.29, 0.717) is 24.7 Å². The number of nitrogens with zero attached hydrogens (tertiary/aromatic N) is 2. The summed E-state index contributed by atoms with van der Waals surface area (Å²) in [4.78, 5) is 50.1. The van der Waals surface area contributed by atoms with Gasteiger partial charge in [-0.05, 0) is 25.3 Å². The molecule has 0 unspecified atom stereocenters. The van der Waals surface area contributed by atoms with Crippen LogP contribution in [0.2, 0.25) is 0 Å². The molecule has 0 radical (unpaired) electrons. The summed E-state index contributed by atoms with van der Waals surface area (Å²) in [5, 5.41) is 10.8. The van der Waals surface area contributed by atoms with Gasteiger partial charge in [0.15, 0.2) is 12.4 Å². The number of thiophene rings is 1. The number of amides is 3. The van der Waals surface area contributed by atoms with Gasteiger partial charge in [-0.1, -0.05) is 11.2 Å². The fourth-order valence-corrected chi connectivity index (χ4v) is 3.57. The number of rotatable bonds is 12. The molecular weight excluding hydrogens is 444 g/mol. The number of hydrogen-bond acceptors (Lipinski definition) is 9. The van der Waals surface area contributed by atoms with Gasteiger partial charge >= 0.3 is 5.97 Å². The van der Waals surface area contributed by atoms with Crippen LogP contribution in [0.3, 0.4) is 0 Å². The summed E-state index contributed by atoms with van der Waals surface area (Å²) >= 11 is 2.57. The van der Waals surface area contributed by atoms with Gasteiger partial charge in [0.2, 0.25) is 11.8 Å². The topological polar surface area (TPSA) is 131 Å². The Morgan fingerprint density at radius 3 is 2.71 bits per heavy atom. The van der Waals surface area contributed by atoms with Crippen molar-refractivity contribution in [3.8, 4) is 0 Å². The van der Waals surface area contributed by atoms with Crippen molar-refractivity contribution < 1.29 is 28.4 Å². The molecule has 2 heterocycles. The van der Waals surface area contributed by atoms with Crippen LogP contribution >= 0.6 is 23.1 Å². The first-order chi connectivity index (χ1) is 14.9. The second kappa shape index (κ2) is 12.7. The molecule has 0 bridgehead atoms. The predicted octanol–water partition coefficient (Wildman–Crippen LogP) is 1.42. The normalized spacial score (nSPS) is 10.4. The van der Waals surface area contributed by atoms with E-state index in [1.54, 1.807) is 19.9 Å². The number of aromatic nitrogens is 1. The average Bonchev–Trinajstić information content (AvgIpc) is 3.40. The summed E-state index contributed by atoms with van der Waals surface area (Å²) in [5.41, 5.74) is 0. The number of thioether (sulfide) groups is 1. The molecule has 168 valence electrons. The average molecular weight is 469 g/mol. The highest BCUT2D eigenvalue weighted by Crippen LogP contribution is 2.09. The first kappa shape index (κ1) is 24.4. The second-order valence-corrected chi connectivity index (χ2v) is 8.31. The molecule has 2 aromatic heterocycles. The van der Waals surface area contributed by atoms with E-state index in [-0.39, 0.29) is 29.9 Å². The van der Waals surface area contributed by atoms with Crippen molar-refractivity contribution in [2.24, 2.45) is 0 Å². The lowest BCUT2D eigenvalue weighted by Crippen LogP contribution is -2.42. The number of aryl methyl sites for hydroxylation is 1. The zero-order valence-corrected chi connectivity index (χ0v) is 18.8. The van der Waals surface area contributed by atoms with Crippen molar-refractivity contribution in [3.05, 3.63) is 34.2 Å². The molecule has 0 aliphatic carbocycles. The maximum atomic E-state index is 12.2. The molecule has 0 saturated carbocycles. The number of anilines is 1. The Kier molecular flexibility index (Phi) is 10.0. The zero-order valence-electron chi connectivity index (χ0n) is 17.2. The van der Waals surface area contributed by atoms with Crippen molar-refractivity contribution in [1.82, 2.24) is 15.4 Å². The molecule has 0 aliphatic rings. The Balaban J connectivity index is 1.61. The number of carbonyl (C=O) groups is 4. The van der Waals surface area contributed by atoms with E-state index in [4.69, 9.17) is 9.26 Å². The second-order valence-electron chi connectivity index (χ2n) is 6.29.